The fourth-order valence-corrected chi connectivity index (χ4v) is 1.96. The number of benzene rings is 1. The molecule has 0 spiro atoms. The van der Waals surface area contributed by atoms with E-state index >= 15 is 0 Å². The van der Waals surface area contributed by atoms with Crippen molar-refractivity contribution in [3.05, 3.63) is 53.3 Å². The molecule has 3 N–H and O–H groups in total. The Hall–Kier alpha value is -2.47. The van der Waals surface area contributed by atoms with Gasteiger partial charge in [-0.15, -0.1) is 0 Å². The van der Waals surface area contributed by atoms with Gasteiger partial charge in [0.1, 0.15) is 10.7 Å². The van der Waals surface area contributed by atoms with Crippen molar-refractivity contribution in [1.29, 1.82) is 0 Å². The first-order valence-electron chi connectivity index (χ1n) is 6.22. The second kappa shape index (κ2) is 6.32. The van der Waals surface area contributed by atoms with Gasteiger partial charge in [-0.25, -0.2) is 0 Å². The number of nitrogens with zero attached hydrogens (tertiary/aromatic N) is 1. The predicted octanol–water partition coefficient (Wildman–Crippen LogP) is 2.29. The van der Waals surface area contributed by atoms with E-state index in [0.29, 0.717) is 22.6 Å². The summed E-state index contributed by atoms with van der Waals surface area (Å²) in [5.74, 6) is 0.135. The number of aromatic nitrogens is 1. The molecule has 1 aromatic heterocycles. The summed E-state index contributed by atoms with van der Waals surface area (Å²) in [6.07, 6.45) is 3.03. The minimum Gasteiger partial charge on any atom is -0.494 e. The average Bonchev–Trinajstić information content (AvgIpc) is 2.49. The van der Waals surface area contributed by atoms with Crippen molar-refractivity contribution in [3.63, 3.8) is 0 Å². The van der Waals surface area contributed by atoms with Crippen molar-refractivity contribution < 1.29 is 9.53 Å². The lowest BCUT2D eigenvalue weighted by Gasteiger charge is -2.12. The van der Waals surface area contributed by atoms with Crippen molar-refractivity contribution in [1.82, 2.24) is 4.98 Å². The number of thiocarbonyl (C=S) groups is 1. The zero-order valence-corrected chi connectivity index (χ0v) is 12.5. The van der Waals surface area contributed by atoms with Gasteiger partial charge < -0.3 is 15.8 Å². The summed E-state index contributed by atoms with van der Waals surface area (Å²) < 4.78 is 5.13. The summed E-state index contributed by atoms with van der Waals surface area (Å²) in [5.41, 5.74) is 8.29. The van der Waals surface area contributed by atoms with Crippen LogP contribution in [0.15, 0.2) is 36.7 Å². The molecule has 0 saturated heterocycles. The van der Waals surface area contributed by atoms with Gasteiger partial charge in [0.15, 0.2) is 0 Å². The molecular formula is C15H15N3O2S. The van der Waals surface area contributed by atoms with Crippen molar-refractivity contribution >= 4 is 28.8 Å². The molecule has 108 valence electrons. The Morgan fingerprint density at radius 3 is 2.81 bits per heavy atom. The number of hydrogen-bond acceptors (Lipinski definition) is 4. The molecule has 0 unspecified atom stereocenters. The average molecular weight is 301 g/mol. The number of aryl methyl sites for hydroxylation is 1. The maximum atomic E-state index is 12.3. The van der Waals surface area contributed by atoms with E-state index in [0.717, 1.165) is 5.56 Å². The highest BCUT2D eigenvalue weighted by atomic mass is 32.1. The number of ether oxygens (including phenoxy) is 1. The van der Waals surface area contributed by atoms with Crippen LogP contribution in [0.2, 0.25) is 0 Å². The fourth-order valence-electron chi connectivity index (χ4n) is 1.83. The highest BCUT2D eigenvalue weighted by Gasteiger charge is 2.13. The normalized spacial score (nSPS) is 10.0. The Morgan fingerprint density at radius 1 is 1.38 bits per heavy atom. The Labute approximate surface area is 128 Å². The van der Waals surface area contributed by atoms with Crippen LogP contribution in [0.25, 0.3) is 0 Å². The van der Waals surface area contributed by atoms with Crippen molar-refractivity contribution in [2.24, 2.45) is 5.73 Å². The molecule has 1 aromatic carbocycles. The van der Waals surface area contributed by atoms with Crippen LogP contribution in [0.1, 0.15) is 21.5 Å². The van der Waals surface area contributed by atoms with E-state index < -0.39 is 0 Å². The van der Waals surface area contributed by atoms with Crippen molar-refractivity contribution in [2.75, 3.05) is 12.4 Å². The SMILES string of the molecule is COc1cnccc1C(=O)Nc1cc(C(N)=S)ccc1C. The number of carbonyl (C=O) groups is 1. The molecule has 0 radical (unpaired) electrons. The maximum Gasteiger partial charge on any atom is 0.259 e. The molecule has 1 amide bonds. The lowest BCUT2D eigenvalue weighted by molar-refractivity contribution is 0.102. The molecule has 2 aromatic rings. The molecule has 0 bridgehead atoms. The van der Waals surface area contributed by atoms with Gasteiger partial charge in [0.05, 0.1) is 18.9 Å². The Balaban J connectivity index is 2.31. The lowest BCUT2D eigenvalue weighted by atomic mass is 10.1. The molecule has 6 heteroatoms. The Bertz CT molecular complexity index is 701. The number of nitrogens with two attached hydrogens (primary N) is 1. The van der Waals surface area contributed by atoms with Gasteiger partial charge in [0.2, 0.25) is 0 Å². The van der Waals surface area contributed by atoms with E-state index in [1.54, 1.807) is 12.1 Å². The van der Waals surface area contributed by atoms with Gasteiger partial charge in [0.25, 0.3) is 5.91 Å². The van der Waals surface area contributed by atoms with Gasteiger partial charge >= 0.3 is 0 Å². The van der Waals surface area contributed by atoms with Crippen LogP contribution in [0.3, 0.4) is 0 Å². The quantitative estimate of drug-likeness (QED) is 0.847. The molecular weight excluding hydrogens is 286 g/mol. The largest absolute Gasteiger partial charge is 0.494 e. The minimum atomic E-state index is -0.280. The molecule has 0 aliphatic carbocycles. The number of nitrogens with one attached hydrogen (secondary N) is 1. The minimum absolute atomic E-state index is 0.280. The van der Waals surface area contributed by atoms with Crippen LogP contribution in [0.4, 0.5) is 5.69 Å². The zero-order valence-electron chi connectivity index (χ0n) is 11.7. The second-order valence-electron chi connectivity index (χ2n) is 4.42. The molecule has 21 heavy (non-hydrogen) atoms. The van der Waals surface area contributed by atoms with Crippen LogP contribution in [0, 0.1) is 6.92 Å². The lowest BCUT2D eigenvalue weighted by Crippen LogP contribution is -2.15. The first-order chi connectivity index (χ1) is 10.0. The van der Waals surface area contributed by atoms with E-state index in [1.807, 2.05) is 19.1 Å². The second-order valence-corrected chi connectivity index (χ2v) is 4.86. The van der Waals surface area contributed by atoms with Crippen molar-refractivity contribution in [3.8, 4) is 5.75 Å². The van der Waals surface area contributed by atoms with Crippen LogP contribution >= 0.6 is 12.2 Å². The third-order valence-corrected chi connectivity index (χ3v) is 3.26. The molecule has 5 nitrogen and oxygen atoms in total. The van der Waals surface area contributed by atoms with Crippen molar-refractivity contribution in [2.45, 2.75) is 6.92 Å². The Kier molecular flexibility index (Phi) is 4.49. The summed E-state index contributed by atoms with van der Waals surface area (Å²) in [4.78, 5) is 16.6. The predicted molar refractivity (Wildman–Crippen MR) is 85.8 cm³/mol. The van der Waals surface area contributed by atoms with Crippen LogP contribution in [-0.4, -0.2) is 23.0 Å². The third kappa shape index (κ3) is 3.35. The van der Waals surface area contributed by atoms with Gasteiger partial charge in [-0.2, -0.15) is 0 Å². The van der Waals surface area contributed by atoms with Gasteiger partial charge in [0, 0.05) is 17.4 Å². The highest BCUT2D eigenvalue weighted by molar-refractivity contribution is 7.80. The van der Waals surface area contributed by atoms with Gasteiger partial charge in [-0.05, 0) is 24.6 Å². The maximum absolute atomic E-state index is 12.3. The number of carbonyl (C=O) groups excluding carboxylic acids is 1. The fraction of sp³-hybridized carbons (Fsp3) is 0.133. The summed E-state index contributed by atoms with van der Waals surface area (Å²) in [7, 11) is 1.49. The molecule has 0 fully saturated rings. The third-order valence-electron chi connectivity index (χ3n) is 3.02. The number of anilines is 1. The van der Waals surface area contributed by atoms with Gasteiger partial charge in [-0.3, -0.25) is 9.78 Å². The van der Waals surface area contributed by atoms with E-state index in [2.05, 4.69) is 10.3 Å². The zero-order chi connectivity index (χ0) is 15.4. The number of amides is 1. The first kappa shape index (κ1) is 14.9. The summed E-state index contributed by atoms with van der Waals surface area (Å²) in [6.45, 7) is 1.89. The summed E-state index contributed by atoms with van der Waals surface area (Å²) in [5, 5.41) is 2.83. The smallest absolute Gasteiger partial charge is 0.259 e. The summed E-state index contributed by atoms with van der Waals surface area (Å²) >= 11 is 4.95. The van der Waals surface area contributed by atoms with Gasteiger partial charge in [-0.1, -0.05) is 24.4 Å². The van der Waals surface area contributed by atoms with Crippen LogP contribution in [0.5, 0.6) is 5.75 Å². The number of methoxy groups -OCH3 is 1. The first-order valence-corrected chi connectivity index (χ1v) is 6.63. The number of pyridine rings is 1. The van der Waals surface area contributed by atoms with E-state index in [-0.39, 0.29) is 10.9 Å². The summed E-state index contributed by atoms with van der Waals surface area (Å²) in [6, 6.07) is 7.03. The topological polar surface area (TPSA) is 77.2 Å². The number of hydrogen-bond donors (Lipinski definition) is 2. The van der Waals surface area contributed by atoms with Crippen LogP contribution < -0.4 is 15.8 Å². The standard InChI is InChI=1S/C15H15N3O2S/c1-9-3-4-10(14(16)21)7-12(9)18-15(19)11-5-6-17-8-13(11)20-2/h3-8H,1-2H3,(H2,16,21)(H,18,19). The molecule has 0 aliphatic rings. The molecule has 2 rings (SSSR count). The molecule has 0 saturated carbocycles. The highest BCUT2D eigenvalue weighted by Crippen LogP contribution is 2.21. The van der Waals surface area contributed by atoms with E-state index in [9.17, 15) is 4.79 Å². The number of rotatable bonds is 4. The molecule has 0 aliphatic heterocycles. The molecule has 1 heterocycles. The van der Waals surface area contributed by atoms with Crippen LogP contribution in [-0.2, 0) is 0 Å². The Morgan fingerprint density at radius 2 is 2.14 bits per heavy atom. The molecule has 0 atom stereocenters. The monoisotopic (exact) mass is 301 g/mol. The van der Waals surface area contributed by atoms with E-state index in [4.69, 9.17) is 22.7 Å². The van der Waals surface area contributed by atoms with E-state index in [1.165, 1.54) is 19.5 Å².